The topological polar surface area (TPSA) is 61.8 Å². The summed E-state index contributed by atoms with van der Waals surface area (Å²) in [6.45, 7) is 14.7. The second-order valence-corrected chi connectivity index (χ2v) is 8.19. The molecular formula is C28H34O5. The van der Waals surface area contributed by atoms with Crippen molar-refractivity contribution in [1.82, 2.24) is 0 Å². The number of ether oxygens (including phenoxy) is 3. The first kappa shape index (κ1) is 25.9. The Balaban J connectivity index is 2.35. The van der Waals surface area contributed by atoms with Crippen molar-refractivity contribution in [2.45, 2.75) is 66.2 Å². The quantitative estimate of drug-likeness (QED) is 0.196. The fourth-order valence-electron chi connectivity index (χ4n) is 3.07. The molecular weight excluding hydrogens is 416 g/mol. The Kier molecular flexibility index (Phi) is 9.92. The number of benzene rings is 2. The third kappa shape index (κ3) is 7.94. The Morgan fingerprint density at radius 1 is 0.727 bits per heavy atom. The van der Waals surface area contributed by atoms with Crippen molar-refractivity contribution < 1.29 is 23.8 Å². The summed E-state index contributed by atoms with van der Waals surface area (Å²) in [5.74, 6) is 1.45. The predicted octanol–water partition coefficient (Wildman–Crippen LogP) is 7.13. The SMILES string of the molecule is C=C(C)C(=O)Oc1ccc(Oc2ccc(OC(=O)C(=C)C)cc2CCCC)c(CCCC)c1. The van der Waals surface area contributed by atoms with E-state index in [1.807, 2.05) is 24.3 Å². The van der Waals surface area contributed by atoms with E-state index < -0.39 is 11.9 Å². The zero-order valence-corrected chi connectivity index (χ0v) is 20.2. The zero-order chi connectivity index (χ0) is 24.4. The van der Waals surface area contributed by atoms with Crippen LogP contribution in [0.2, 0.25) is 0 Å². The summed E-state index contributed by atoms with van der Waals surface area (Å²) >= 11 is 0. The standard InChI is InChI=1S/C28H34O5/c1-7-9-11-21-17-23(31-27(29)19(3)4)13-15-25(21)33-26-16-14-24(32-28(30)20(5)6)18-22(26)12-10-8-2/h13-18H,3,5,7-12H2,1-2,4,6H3. The lowest BCUT2D eigenvalue weighted by Gasteiger charge is -2.16. The highest BCUT2D eigenvalue weighted by molar-refractivity contribution is 5.89. The molecule has 2 rings (SSSR count). The molecule has 0 saturated carbocycles. The molecule has 33 heavy (non-hydrogen) atoms. The lowest BCUT2D eigenvalue weighted by Crippen LogP contribution is -2.09. The van der Waals surface area contributed by atoms with Crippen molar-refractivity contribution in [3.63, 3.8) is 0 Å². The molecule has 176 valence electrons. The van der Waals surface area contributed by atoms with Gasteiger partial charge in [0.25, 0.3) is 0 Å². The van der Waals surface area contributed by atoms with Gasteiger partial charge in [-0.3, -0.25) is 0 Å². The minimum absolute atomic E-state index is 0.346. The third-order valence-corrected chi connectivity index (χ3v) is 5.00. The lowest BCUT2D eigenvalue weighted by molar-refractivity contribution is -0.130. The van der Waals surface area contributed by atoms with Gasteiger partial charge in [-0.05, 0) is 87.1 Å². The number of carbonyl (C=O) groups excluding carboxylic acids is 2. The molecule has 2 aromatic rings. The van der Waals surface area contributed by atoms with Crippen LogP contribution in [0.15, 0.2) is 60.7 Å². The number of hydrogen-bond donors (Lipinski definition) is 0. The molecule has 0 bridgehead atoms. The smallest absolute Gasteiger partial charge is 0.338 e. The van der Waals surface area contributed by atoms with Gasteiger partial charge in [0, 0.05) is 11.1 Å². The zero-order valence-electron chi connectivity index (χ0n) is 20.2. The largest absolute Gasteiger partial charge is 0.457 e. The van der Waals surface area contributed by atoms with Gasteiger partial charge in [-0.1, -0.05) is 39.8 Å². The highest BCUT2D eigenvalue weighted by atomic mass is 16.5. The summed E-state index contributed by atoms with van der Waals surface area (Å²) in [5.41, 5.74) is 2.61. The van der Waals surface area contributed by atoms with E-state index in [2.05, 4.69) is 27.0 Å². The van der Waals surface area contributed by atoms with Crippen LogP contribution in [0.4, 0.5) is 0 Å². The van der Waals surface area contributed by atoms with Gasteiger partial charge in [0.15, 0.2) is 0 Å². The average molecular weight is 451 g/mol. The molecule has 0 N–H and O–H groups in total. The number of esters is 2. The number of rotatable bonds is 12. The summed E-state index contributed by atoms with van der Waals surface area (Å²) in [6.07, 6.45) is 5.60. The molecule has 0 unspecified atom stereocenters. The molecule has 0 radical (unpaired) electrons. The highest BCUT2D eigenvalue weighted by Gasteiger charge is 2.14. The van der Waals surface area contributed by atoms with E-state index in [1.54, 1.807) is 26.0 Å². The first-order chi connectivity index (χ1) is 15.7. The Morgan fingerprint density at radius 2 is 1.12 bits per heavy atom. The van der Waals surface area contributed by atoms with Gasteiger partial charge in [0.2, 0.25) is 0 Å². The molecule has 0 saturated heterocycles. The Morgan fingerprint density at radius 3 is 1.45 bits per heavy atom. The Hall–Kier alpha value is -3.34. The van der Waals surface area contributed by atoms with E-state index in [0.29, 0.717) is 34.1 Å². The lowest BCUT2D eigenvalue weighted by atomic mass is 10.1. The van der Waals surface area contributed by atoms with Crippen molar-refractivity contribution in [1.29, 1.82) is 0 Å². The summed E-state index contributed by atoms with van der Waals surface area (Å²) in [7, 11) is 0. The van der Waals surface area contributed by atoms with Crippen molar-refractivity contribution in [3.05, 3.63) is 71.8 Å². The Labute approximate surface area is 197 Å². The van der Waals surface area contributed by atoms with Crippen LogP contribution in [0, 0.1) is 0 Å². The van der Waals surface area contributed by atoms with Gasteiger partial charge in [-0.15, -0.1) is 0 Å². The van der Waals surface area contributed by atoms with Gasteiger partial charge in [0.1, 0.15) is 23.0 Å². The molecule has 5 heteroatoms. The summed E-state index contributed by atoms with van der Waals surface area (Å²) < 4.78 is 17.1. The van der Waals surface area contributed by atoms with Crippen molar-refractivity contribution >= 4 is 11.9 Å². The van der Waals surface area contributed by atoms with Crippen LogP contribution in [0.1, 0.15) is 64.5 Å². The van der Waals surface area contributed by atoms with Crippen molar-refractivity contribution in [3.8, 4) is 23.0 Å². The van der Waals surface area contributed by atoms with Gasteiger partial charge < -0.3 is 14.2 Å². The van der Waals surface area contributed by atoms with E-state index in [9.17, 15) is 9.59 Å². The van der Waals surface area contributed by atoms with Crippen LogP contribution in [-0.2, 0) is 22.4 Å². The summed E-state index contributed by atoms with van der Waals surface area (Å²) in [4.78, 5) is 23.8. The molecule has 0 heterocycles. The third-order valence-electron chi connectivity index (χ3n) is 5.00. The minimum atomic E-state index is -0.452. The molecule has 0 amide bonds. The van der Waals surface area contributed by atoms with Crippen LogP contribution in [0.25, 0.3) is 0 Å². The normalized spacial score (nSPS) is 10.4. The number of hydrogen-bond acceptors (Lipinski definition) is 5. The maximum absolute atomic E-state index is 11.9. The van der Waals surface area contributed by atoms with Crippen LogP contribution in [0.5, 0.6) is 23.0 Å². The second-order valence-electron chi connectivity index (χ2n) is 8.19. The highest BCUT2D eigenvalue weighted by Crippen LogP contribution is 2.34. The molecule has 0 aliphatic rings. The fraction of sp³-hybridized carbons (Fsp3) is 0.357. The van der Waals surface area contributed by atoms with Crippen molar-refractivity contribution in [2.75, 3.05) is 0 Å². The minimum Gasteiger partial charge on any atom is -0.457 e. The predicted molar refractivity (Wildman–Crippen MR) is 131 cm³/mol. The molecule has 0 aliphatic carbocycles. The van der Waals surface area contributed by atoms with E-state index in [1.165, 1.54) is 0 Å². The Bertz CT molecular complexity index is 937. The van der Waals surface area contributed by atoms with Gasteiger partial charge in [0.05, 0.1) is 0 Å². The van der Waals surface area contributed by atoms with Crippen LogP contribution in [0.3, 0.4) is 0 Å². The average Bonchev–Trinajstić information content (AvgIpc) is 2.78. The molecule has 5 nitrogen and oxygen atoms in total. The maximum Gasteiger partial charge on any atom is 0.338 e. The number of unbranched alkanes of at least 4 members (excludes halogenated alkanes) is 2. The second kappa shape index (κ2) is 12.6. The number of carbonyl (C=O) groups is 2. The summed E-state index contributed by atoms with van der Waals surface area (Å²) in [6, 6.07) is 10.8. The van der Waals surface area contributed by atoms with E-state index in [-0.39, 0.29) is 0 Å². The van der Waals surface area contributed by atoms with Crippen LogP contribution in [-0.4, -0.2) is 11.9 Å². The molecule has 0 spiro atoms. The van der Waals surface area contributed by atoms with E-state index >= 15 is 0 Å². The van der Waals surface area contributed by atoms with Gasteiger partial charge in [-0.2, -0.15) is 0 Å². The number of aryl methyl sites for hydroxylation is 2. The molecule has 0 aliphatic heterocycles. The van der Waals surface area contributed by atoms with Gasteiger partial charge >= 0.3 is 11.9 Å². The molecule has 0 atom stereocenters. The maximum atomic E-state index is 11.9. The fourth-order valence-corrected chi connectivity index (χ4v) is 3.07. The monoisotopic (exact) mass is 450 g/mol. The van der Waals surface area contributed by atoms with E-state index in [0.717, 1.165) is 49.7 Å². The first-order valence-electron chi connectivity index (χ1n) is 11.4. The molecule has 0 fully saturated rings. The van der Waals surface area contributed by atoms with E-state index in [4.69, 9.17) is 14.2 Å². The van der Waals surface area contributed by atoms with Crippen molar-refractivity contribution in [2.24, 2.45) is 0 Å². The first-order valence-corrected chi connectivity index (χ1v) is 11.4. The summed E-state index contributed by atoms with van der Waals surface area (Å²) in [5, 5.41) is 0. The molecule has 2 aromatic carbocycles. The van der Waals surface area contributed by atoms with Gasteiger partial charge in [-0.25, -0.2) is 9.59 Å². The molecule has 0 aromatic heterocycles. The van der Waals surface area contributed by atoms with Crippen LogP contribution < -0.4 is 14.2 Å². The van der Waals surface area contributed by atoms with Crippen LogP contribution >= 0.6 is 0 Å².